The second kappa shape index (κ2) is 14.7. The van der Waals surface area contributed by atoms with Crippen molar-refractivity contribution in [3.8, 4) is 5.75 Å². The second-order valence-corrected chi connectivity index (χ2v) is 11.5. The normalized spacial score (nSPS) is 13.6. The first-order chi connectivity index (χ1) is 18.8. The van der Waals surface area contributed by atoms with Crippen LogP contribution < -0.4 is 10.6 Å². The zero-order valence-corrected chi connectivity index (χ0v) is 25.3. The lowest BCUT2D eigenvalue weighted by Gasteiger charge is -2.39. The molecule has 0 aliphatic rings. The lowest BCUT2D eigenvalue weighted by Crippen LogP contribution is -2.56. The van der Waals surface area contributed by atoms with E-state index in [1.165, 1.54) is 12.1 Å². The summed E-state index contributed by atoms with van der Waals surface area (Å²) in [5, 5.41) is 15.6. The van der Waals surface area contributed by atoms with Crippen LogP contribution in [0.2, 0.25) is 0 Å². The topological polar surface area (TPSA) is 108 Å². The molecule has 2 aromatic carbocycles. The Hall–Kier alpha value is -3.55. The number of hydrogen-bond donors (Lipinski definition) is 3. The molecular formula is C32H47N3O5. The number of ether oxygens (including phenoxy) is 1. The molecule has 0 spiro atoms. The van der Waals surface area contributed by atoms with Crippen molar-refractivity contribution in [1.82, 2.24) is 15.5 Å². The summed E-state index contributed by atoms with van der Waals surface area (Å²) < 4.78 is 5.49. The van der Waals surface area contributed by atoms with Crippen LogP contribution in [-0.2, 0) is 20.7 Å². The van der Waals surface area contributed by atoms with Gasteiger partial charge >= 0.3 is 6.09 Å². The highest BCUT2D eigenvalue weighted by Crippen LogP contribution is 2.30. The minimum absolute atomic E-state index is 0.103. The third-order valence-electron chi connectivity index (χ3n) is 6.77. The Morgan fingerprint density at radius 3 is 2.25 bits per heavy atom. The summed E-state index contributed by atoms with van der Waals surface area (Å²) in [4.78, 5) is 42.8. The number of phenols is 1. The molecule has 8 nitrogen and oxygen atoms in total. The van der Waals surface area contributed by atoms with Crippen LogP contribution in [-0.4, -0.2) is 52.1 Å². The first-order valence-electron chi connectivity index (χ1n) is 14.2. The predicted octanol–water partition coefficient (Wildman–Crippen LogP) is 5.73. The fourth-order valence-corrected chi connectivity index (χ4v) is 4.45. The van der Waals surface area contributed by atoms with Gasteiger partial charge in [-0.2, -0.15) is 0 Å². The maximum Gasteiger partial charge on any atom is 0.408 e. The molecule has 0 saturated heterocycles. The van der Waals surface area contributed by atoms with E-state index in [0.29, 0.717) is 13.0 Å². The highest BCUT2D eigenvalue weighted by Gasteiger charge is 2.39. The summed E-state index contributed by atoms with van der Waals surface area (Å²) in [6.45, 7) is 15.6. The lowest BCUT2D eigenvalue weighted by molar-refractivity contribution is -0.145. The molecule has 3 unspecified atom stereocenters. The maximum atomic E-state index is 14.5. The number of phenolic OH excluding ortho intramolecular Hbond substituents is 1. The number of carbonyl (C=O) groups is 3. The fraction of sp³-hybridized carbons (Fsp3) is 0.531. The SMILES string of the molecule is CCCCNC(=O)C(c1cc(C)ccc1C)N(C(=O)C(Cc1ccc(O)cc1)NC(=O)OC(C)(C)C)C(C)CC. The predicted molar refractivity (Wildman–Crippen MR) is 158 cm³/mol. The van der Waals surface area contributed by atoms with Gasteiger partial charge in [-0.05, 0) is 83.2 Å². The molecule has 2 aromatic rings. The van der Waals surface area contributed by atoms with Crippen LogP contribution in [0.4, 0.5) is 4.79 Å². The summed E-state index contributed by atoms with van der Waals surface area (Å²) in [7, 11) is 0. The molecule has 0 fully saturated rings. The number of benzene rings is 2. The van der Waals surface area contributed by atoms with Gasteiger partial charge in [0.25, 0.3) is 0 Å². The molecule has 0 aliphatic heterocycles. The molecule has 220 valence electrons. The van der Waals surface area contributed by atoms with Crippen LogP contribution >= 0.6 is 0 Å². The molecule has 8 heteroatoms. The molecular weight excluding hydrogens is 506 g/mol. The van der Waals surface area contributed by atoms with Crippen molar-refractivity contribution in [2.24, 2.45) is 0 Å². The van der Waals surface area contributed by atoms with Gasteiger partial charge in [-0.3, -0.25) is 9.59 Å². The molecule has 0 radical (unpaired) electrons. The van der Waals surface area contributed by atoms with Gasteiger partial charge in [-0.1, -0.05) is 56.2 Å². The van der Waals surface area contributed by atoms with Crippen molar-refractivity contribution in [2.45, 2.75) is 105 Å². The number of amides is 3. The van der Waals surface area contributed by atoms with E-state index in [4.69, 9.17) is 4.74 Å². The van der Waals surface area contributed by atoms with E-state index >= 15 is 0 Å². The summed E-state index contributed by atoms with van der Waals surface area (Å²) in [5.41, 5.74) is 2.62. The number of hydrogen-bond acceptors (Lipinski definition) is 5. The number of carbonyl (C=O) groups excluding carboxylic acids is 3. The van der Waals surface area contributed by atoms with E-state index in [0.717, 1.165) is 35.1 Å². The van der Waals surface area contributed by atoms with Gasteiger partial charge in [0, 0.05) is 19.0 Å². The number of nitrogens with zero attached hydrogens (tertiary/aromatic N) is 1. The minimum Gasteiger partial charge on any atom is -0.508 e. The van der Waals surface area contributed by atoms with E-state index in [2.05, 4.69) is 17.6 Å². The minimum atomic E-state index is -1.01. The number of nitrogens with one attached hydrogen (secondary N) is 2. The van der Waals surface area contributed by atoms with Crippen LogP contribution in [0, 0.1) is 13.8 Å². The second-order valence-electron chi connectivity index (χ2n) is 11.5. The third kappa shape index (κ3) is 9.57. The summed E-state index contributed by atoms with van der Waals surface area (Å²) in [6.07, 6.45) is 1.79. The van der Waals surface area contributed by atoms with E-state index in [1.54, 1.807) is 37.8 Å². The van der Waals surface area contributed by atoms with Crippen molar-refractivity contribution < 1.29 is 24.2 Å². The van der Waals surface area contributed by atoms with E-state index < -0.39 is 23.8 Å². The molecule has 2 rings (SSSR count). The summed E-state index contributed by atoms with van der Waals surface area (Å²) in [6, 6.07) is 10.2. The summed E-state index contributed by atoms with van der Waals surface area (Å²) in [5.74, 6) is -0.534. The van der Waals surface area contributed by atoms with Gasteiger partial charge in [0.2, 0.25) is 11.8 Å². The van der Waals surface area contributed by atoms with Crippen LogP contribution in [0.15, 0.2) is 42.5 Å². The number of aromatic hydroxyl groups is 1. The van der Waals surface area contributed by atoms with Gasteiger partial charge in [-0.15, -0.1) is 0 Å². The van der Waals surface area contributed by atoms with Crippen molar-refractivity contribution >= 4 is 17.9 Å². The standard InChI is InChI=1S/C32H47N3O5/c1-9-11-18-33-29(37)28(26-19-21(3)12-13-22(26)4)35(23(5)10-2)30(38)27(34-31(39)40-32(6,7)8)20-24-14-16-25(36)17-15-24/h12-17,19,23,27-28,36H,9-11,18,20H2,1-8H3,(H,33,37)(H,34,39). The number of unbranched alkanes of at least 4 members (excludes halogenated alkanes) is 1. The molecule has 40 heavy (non-hydrogen) atoms. The molecule has 3 atom stereocenters. The van der Waals surface area contributed by atoms with E-state index in [9.17, 15) is 19.5 Å². The molecule has 0 bridgehead atoms. The van der Waals surface area contributed by atoms with Crippen molar-refractivity contribution in [2.75, 3.05) is 6.54 Å². The van der Waals surface area contributed by atoms with Gasteiger partial charge in [0.1, 0.15) is 23.4 Å². The Morgan fingerprint density at radius 1 is 1.02 bits per heavy atom. The summed E-state index contributed by atoms with van der Waals surface area (Å²) >= 11 is 0. The molecule has 0 aromatic heterocycles. The van der Waals surface area contributed by atoms with Gasteiger partial charge in [-0.25, -0.2) is 4.79 Å². The Morgan fingerprint density at radius 2 is 1.68 bits per heavy atom. The maximum absolute atomic E-state index is 14.5. The molecule has 3 amide bonds. The molecule has 0 aliphatic carbocycles. The molecule has 3 N–H and O–H groups in total. The van der Waals surface area contributed by atoms with Crippen molar-refractivity contribution in [3.63, 3.8) is 0 Å². The van der Waals surface area contributed by atoms with Crippen LogP contribution in [0.25, 0.3) is 0 Å². The number of rotatable bonds is 12. The average Bonchev–Trinajstić information content (AvgIpc) is 2.88. The first-order valence-corrected chi connectivity index (χ1v) is 14.2. The lowest BCUT2D eigenvalue weighted by atomic mass is 9.94. The third-order valence-corrected chi connectivity index (χ3v) is 6.77. The zero-order chi connectivity index (χ0) is 30.0. The Bertz CT molecular complexity index is 1140. The monoisotopic (exact) mass is 553 g/mol. The highest BCUT2D eigenvalue weighted by molar-refractivity contribution is 5.92. The molecule has 0 saturated carbocycles. The van der Waals surface area contributed by atoms with Crippen molar-refractivity contribution in [1.29, 1.82) is 0 Å². The first kappa shape index (κ1) is 32.7. The Labute approximate surface area is 239 Å². The smallest absolute Gasteiger partial charge is 0.408 e. The van der Waals surface area contributed by atoms with Gasteiger partial charge in [0.15, 0.2) is 0 Å². The fourth-order valence-electron chi connectivity index (χ4n) is 4.45. The largest absolute Gasteiger partial charge is 0.508 e. The number of alkyl carbamates (subject to hydrolysis) is 1. The van der Waals surface area contributed by atoms with Crippen LogP contribution in [0.3, 0.4) is 0 Å². The Kier molecular flexibility index (Phi) is 12.0. The quantitative estimate of drug-likeness (QED) is 0.291. The van der Waals surface area contributed by atoms with Crippen LogP contribution in [0.5, 0.6) is 5.75 Å². The van der Waals surface area contributed by atoms with E-state index in [1.807, 2.05) is 45.9 Å². The van der Waals surface area contributed by atoms with Gasteiger partial charge in [0.05, 0.1) is 0 Å². The molecule has 0 heterocycles. The van der Waals surface area contributed by atoms with Crippen molar-refractivity contribution in [3.05, 3.63) is 64.7 Å². The highest BCUT2D eigenvalue weighted by atomic mass is 16.6. The average molecular weight is 554 g/mol. The van der Waals surface area contributed by atoms with Gasteiger partial charge < -0.3 is 25.4 Å². The van der Waals surface area contributed by atoms with Crippen LogP contribution in [0.1, 0.15) is 89.1 Å². The number of aryl methyl sites for hydroxylation is 2. The Balaban J connectivity index is 2.61. The zero-order valence-electron chi connectivity index (χ0n) is 25.3. The van der Waals surface area contributed by atoms with E-state index in [-0.39, 0.29) is 30.0 Å².